The van der Waals surface area contributed by atoms with Crippen molar-refractivity contribution in [2.75, 3.05) is 13.7 Å². The van der Waals surface area contributed by atoms with E-state index in [1.54, 1.807) is 7.11 Å². The Bertz CT molecular complexity index is 498. The summed E-state index contributed by atoms with van der Waals surface area (Å²) in [5.41, 5.74) is 1.30. The van der Waals surface area contributed by atoms with Crippen LogP contribution in [0.1, 0.15) is 12.5 Å². The third-order valence-electron chi connectivity index (χ3n) is 3.00. The molecule has 2 rings (SSSR count). The van der Waals surface area contributed by atoms with Crippen LogP contribution in [0.3, 0.4) is 0 Å². The quantitative estimate of drug-likeness (QED) is 0.786. The van der Waals surface area contributed by atoms with E-state index < -0.39 is 0 Å². The summed E-state index contributed by atoms with van der Waals surface area (Å²) in [6.45, 7) is 4.29. The summed E-state index contributed by atoms with van der Waals surface area (Å²) in [4.78, 5) is 0.697. The van der Waals surface area contributed by atoms with E-state index in [0.29, 0.717) is 19.8 Å². The first-order chi connectivity index (χ1) is 9.78. The van der Waals surface area contributed by atoms with Crippen LogP contribution in [0.2, 0.25) is 4.82 Å². The van der Waals surface area contributed by atoms with Crippen LogP contribution in [0.4, 0.5) is 0 Å². The third kappa shape index (κ3) is 5.01. The van der Waals surface area contributed by atoms with Crippen LogP contribution in [0, 0.1) is 0 Å². The van der Waals surface area contributed by atoms with Crippen molar-refractivity contribution >= 4 is 19.4 Å². The number of benzene rings is 2. The van der Waals surface area contributed by atoms with Crippen molar-refractivity contribution in [3.8, 4) is 5.75 Å². The number of rotatable bonds is 7. The molecule has 0 amide bonds. The maximum atomic E-state index is 5.16. The van der Waals surface area contributed by atoms with E-state index in [4.69, 9.17) is 4.74 Å². The van der Waals surface area contributed by atoms with Gasteiger partial charge in [-0.25, -0.2) is 0 Å². The van der Waals surface area contributed by atoms with Gasteiger partial charge in [-0.15, -0.1) is 0 Å². The second kappa shape index (κ2) is 8.11. The molecular formula is C17H21NOSe. The zero-order valence-electron chi connectivity index (χ0n) is 12.0. The molecule has 0 aliphatic heterocycles. The average molecular weight is 334 g/mol. The fourth-order valence-corrected chi connectivity index (χ4v) is 3.99. The van der Waals surface area contributed by atoms with E-state index in [1.807, 2.05) is 12.1 Å². The van der Waals surface area contributed by atoms with Crippen LogP contribution >= 0.6 is 0 Å². The SMILES string of the molecule is COc1ccc(CNCC(C)[Se]c2ccccc2)cc1. The minimum absolute atomic E-state index is 0.536. The zero-order chi connectivity index (χ0) is 14.2. The molecule has 2 aromatic rings. The van der Waals surface area contributed by atoms with Crippen molar-refractivity contribution in [3.63, 3.8) is 0 Å². The molecule has 0 radical (unpaired) electrons. The van der Waals surface area contributed by atoms with E-state index in [2.05, 4.69) is 54.7 Å². The summed E-state index contributed by atoms with van der Waals surface area (Å²) in [6, 6.07) is 19.0. The fourth-order valence-electron chi connectivity index (χ4n) is 1.94. The molecule has 0 saturated carbocycles. The molecule has 0 fully saturated rings. The van der Waals surface area contributed by atoms with Gasteiger partial charge < -0.3 is 0 Å². The molecule has 0 aliphatic rings. The Labute approximate surface area is 127 Å². The van der Waals surface area contributed by atoms with Gasteiger partial charge in [-0.3, -0.25) is 0 Å². The van der Waals surface area contributed by atoms with Crippen molar-refractivity contribution in [3.05, 3.63) is 60.2 Å². The summed E-state index contributed by atoms with van der Waals surface area (Å²) >= 11 is 0.536. The monoisotopic (exact) mass is 335 g/mol. The van der Waals surface area contributed by atoms with Crippen LogP contribution < -0.4 is 14.5 Å². The van der Waals surface area contributed by atoms with Crippen LogP contribution in [-0.4, -0.2) is 28.6 Å². The number of hydrogen-bond acceptors (Lipinski definition) is 2. The van der Waals surface area contributed by atoms with Crippen LogP contribution in [-0.2, 0) is 6.54 Å². The molecule has 1 N–H and O–H groups in total. The molecular weight excluding hydrogens is 313 g/mol. The molecule has 0 bridgehead atoms. The molecule has 2 nitrogen and oxygen atoms in total. The van der Waals surface area contributed by atoms with Gasteiger partial charge in [0, 0.05) is 0 Å². The van der Waals surface area contributed by atoms with E-state index in [1.165, 1.54) is 10.0 Å². The van der Waals surface area contributed by atoms with Gasteiger partial charge in [0.05, 0.1) is 0 Å². The molecule has 106 valence electrons. The van der Waals surface area contributed by atoms with E-state index in [9.17, 15) is 0 Å². The first-order valence-corrected chi connectivity index (χ1v) is 8.68. The van der Waals surface area contributed by atoms with Crippen LogP contribution in [0.5, 0.6) is 5.75 Å². The minimum atomic E-state index is 0.536. The Morgan fingerprint density at radius 3 is 2.40 bits per heavy atom. The molecule has 1 unspecified atom stereocenters. The molecule has 3 heteroatoms. The van der Waals surface area contributed by atoms with E-state index in [0.717, 1.165) is 18.8 Å². The maximum absolute atomic E-state index is 5.16. The van der Waals surface area contributed by atoms with Gasteiger partial charge in [-0.1, -0.05) is 0 Å². The number of methoxy groups -OCH3 is 1. The van der Waals surface area contributed by atoms with Gasteiger partial charge >= 0.3 is 127 Å². The molecule has 20 heavy (non-hydrogen) atoms. The molecule has 0 aliphatic carbocycles. The normalized spacial score (nSPS) is 12.1. The van der Waals surface area contributed by atoms with Crippen LogP contribution in [0.15, 0.2) is 54.6 Å². The van der Waals surface area contributed by atoms with Crippen molar-refractivity contribution < 1.29 is 4.74 Å². The van der Waals surface area contributed by atoms with Gasteiger partial charge in [0.2, 0.25) is 0 Å². The van der Waals surface area contributed by atoms with Crippen molar-refractivity contribution in [2.24, 2.45) is 0 Å². The first kappa shape index (κ1) is 15.1. The zero-order valence-corrected chi connectivity index (χ0v) is 13.7. The van der Waals surface area contributed by atoms with Gasteiger partial charge in [-0.05, 0) is 0 Å². The first-order valence-electron chi connectivity index (χ1n) is 6.83. The molecule has 0 saturated heterocycles. The van der Waals surface area contributed by atoms with Gasteiger partial charge in [-0.2, -0.15) is 0 Å². The topological polar surface area (TPSA) is 21.3 Å². The molecule has 0 spiro atoms. The third-order valence-corrected chi connectivity index (χ3v) is 5.34. The fraction of sp³-hybridized carbons (Fsp3) is 0.294. The Kier molecular flexibility index (Phi) is 6.13. The van der Waals surface area contributed by atoms with Crippen molar-refractivity contribution in [2.45, 2.75) is 18.3 Å². The van der Waals surface area contributed by atoms with Gasteiger partial charge in [0.25, 0.3) is 0 Å². The summed E-state index contributed by atoms with van der Waals surface area (Å²) in [7, 11) is 1.70. The Morgan fingerprint density at radius 1 is 1.05 bits per heavy atom. The molecule has 0 aromatic heterocycles. The predicted octanol–water partition coefficient (Wildman–Crippen LogP) is 2.62. The number of hydrogen-bond donors (Lipinski definition) is 1. The summed E-state index contributed by atoms with van der Waals surface area (Å²) in [5, 5.41) is 3.53. The summed E-state index contributed by atoms with van der Waals surface area (Å²) < 4.78 is 6.63. The second-order valence-electron chi connectivity index (χ2n) is 4.72. The molecule has 1 atom stereocenters. The van der Waals surface area contributed by atoms with Crippen molar-refractivity contribution in [1.29, 1.82) is 0 Å². The van der Waals surface area contributed by atoms with Gasteiger partial charge in [0.1, 0.15) is 0 Å². The second-order valence-corrected chi connectivity index (χ2v) is 7.89. The standard InChI is InChI=1S/C17H21NOSe/c1-14(20-17-6-4-3-5-7-17)12-18-13-15-8-10-16(19-2)11-9-15/h3-11,14,18H,12-13H2,1-2H3. The Balaban J connectivity index is 1.72. The Hall–Kier alpha value is -1.28. The molecule has 2 aromatic carbocycles. The summed E-state index contributed by atoms with van der Waals surface area (Å²) in [6.07, 6.45) is 0. The van der Waals surface area contributed by atoms with E-state index >= 15 is 0 Å². The van der Waals surface area contributed by atoms with Gasteiger partial charge in [0.15, 0.2) is 0 Å². The average Bonchev–Trinajstić information content (AvgIpc) is 2.49. The van der Waals surface area contributed by atoms with E-state index in [-0.39, 0.29) is 0 Å². The van der Waals surface area contributed by atoms with Crippen molar-refractivity contribution in [1.82, 2.24) is 5.32 Å². The van der Waals surface area contributed by atoms with Crippen LogP contribution in [0.25, 0.3) is 0 Å². The number of ether oxygens (including phenoxy) is 1. The molecule has 0 heterocycles. The Morgan fingerprint density at radius 2 is 1.75 bits per heavy atom. The predicted molar refractivity (Wildman–Crippen MR) is 86.0 cm³/mol. The summed E-state index contributed by atoms with van der Waals surface area (Å²) in [5.74, 6) is 0.912. The number of nitrogens with one attached hydrogen (secondary N) is 1.